The molecule has 4 heteroatoms. The minimum absolute atomic E-state index is 0.131. The molecule has 0 saturated carbocycles. The first-order chi connectivity index (χ1) is 8.69. The number of likely N-dealkylation sites (tertiary alicyclic amines) is 1. The van der Waals surface area contributed by atoms with Gasteiger partial charge in [0.15, 0.2) is 0 Å². The molecular weight excluding hydrogens is 226 g/mol. The third-order valence-corrected chi connectivity index (χ3v) is 4.16. The Labute approximate surface area is 110 Å². The molecule has 2 heterocycles. The number of aliphatic hydroxyl groups excluding tert-OH is 1. The second-order valence-electron chi connectivity index (χ2n) is 5.72. The Bertz CT molecular complexity index is 373. The van der Waals surface area contributed by atoms with Gasteiger partial charge in [-0.05, 0) is 25.8 Å². The van der Waals surface area contributed by atoms with Gasteiger partial charge in [0.25, 0.3) is 0 Å². The lowest BCUT2D eigenvalue weighted by Gasteiger charge is -2.41. The third-order valence-electron chi connectivity index (χ3n) is 4.16. The molecule has 1 aromatic rings. The Morgan fingerprint density at radius 2 is 2.33 bits per heavy atom. The van der Waals surface area contributed by atoms with Crippen molar-refractivity contribution < 1.29 is 5.11 Å². The zero-order valence-corrected chi connectivity index (χ0v) is 11.6. The van der Waals surface area contributed by atoms with Gasteiger partial charge in [-0.25, -0.2) is 4.98 Å². The quantitative estimate of drug-likeness (QED) is 0.867. The van der Waals surface area contributed by atoms with Gasteiger partial charge in [0.1, 0.15) is 0 Å². The van der Waals surface area contributed by atoms with Crippen LogP contribution in [-0.4, -0.2) is 39.3 Å². The van der Waals surface area contributed by atoms with E-state index in [2.05, 4.69) is 21.4 Å². The molecule has 102 valence electrons. The molecule has 0 bridgehead atoms. The van der Waals surface area contributed by atoms with E-state index in [-0.39, 0.29) is 5.41 Å². The van der Waals surface area contributed by atoms with Crippen LogP contribution >= 0.6 is 0 Å². The Morgan fingerprint density at radius 1 is 1.50 bits per heavy atom. The molecule has 1 fully saturated rings. The van der Waals surface area contributed by atoms with Crippen molar-refractivity contribution in [3.05, 3.63) is 18.2 Å². The minimum atomic E-state index is 0.131. The number of aryl methyl sites for hydroxylation is 1. The molecule has 0 radical (unpaired) electrons. The van der Waals surface area contributed by atoms with Crippen LogP contribution in [0.5, 0.6) is 0 Å². The lowest BCUT2D eigenvalue weighted by Crippen LogP contribution is -2.45. The van der Waals surface area contributed by atoms with Gasteiger partial charge in [0.2, 0.25) is 0 Å². The first-order valence-corrected chi connectivity index (χ1v) is 6.97. The van der Waals surface area contributed by atoms with Crippen molar-refractivity contribution in [3.63, 3.8) is 0 Å². The monoisotopic (exact) mass is 251 g/mol. The lowest BCUT2D eigenvalue weighted by molar-refractivity contribution is 0.0208. The number of piperidine rings is 1. The average molecular weight is 251 g/mol. The van der Waals surface area contributed by atoms with Crippen molar-refractivity contribution in [3.8, 4) is 0 Å². The number of nitrogens with zero attached hydrogens (tertiary/aromatic N) is 3. The zero-order chi connectivity index (χ0) is 13.0. The lowest BCUT2D eigenvalue weighted by atomic mass is 9.77. The Hall–Kier alpha value is -0.870. The fourth-order valence-electron chi connectivity index (χ4n) is 3.15. The van der Waals surface area contributed by atoms with Gasteiger partial charge in [-0.15, -0.1) is 0 Å². The van der Waals surface area contributed by atoms with Crippen molar-refractivity contribution in [2.24, 2.45) is 12.5 Å². The summed E-state index contributed by atoms with van der Waals surface area (Å²) >= 11 is 0. The maximum absolute atomic E-state index is 9.73. The summed E-state index contributed by atoms with van der Waals surface area (Å²) < 4.78 is 2.08. The summed E-state index contributed by atoms with van der Waals surface area (Å²) in [6, 6.07) is 0. The van der Waals surface area contributed by atoms with Gasteiger partial charge >= 0.3 is 0 Å². The van der Waals surface area contributed by atoms with E-state index in [4.69, 9.17) is 0 Å². The highest BCUT2D eigenvalue weighted by molar-refractivity contribution is 4.98. The van der Waals surface area contributed by atoms with E-state index in [1.165, 1.54) is 18.5 Å². The van der Waals surface area contributed by atoms with E-state index in [1.807, 2.05) is 19.6 Å². The minimum Gasteiger partial charge on any atom is -0.396 e. The number of hydrogen-bond acceptors (Lipinski definition) is 3. The maximum Gasteiger partial charge on any atom is 0.0945 e. The molecule has 0 unspecified atom stereocenters. The summed E-state index contributed by atoms with van der Waals surface area (Å²) in [5, 5.41) is 9.73. The maximum atomic E-state index is 9.73. The predicted molar refractivity (Wildman–Crippen MR) is 72.1 cm³/mol. The zero-order valence-electron chi connectivity index (χ0n) is 11.6. The second-order valence-corrected chi connectivity index (χ2v) is 5.72. The molecule has 1 aromatic heterocycles. The largest absolute Gasteiger partial charge is 0.396 e. The van der Waals surface area contributed by atoms with E-state index in [9.17, 15) is 5.11 Å². The van der Waals surface area contributed by atoms with Gasteiger partial charge in [-0.2, -0.15) is 0 Å². The summed E-state index contributed by atoms with van der Waals surface area (Å²) in [4.78, 5) is 6.63. The summed E-state index contributed by atoms with van der Waals surface area (Å²) in [7, 11) is 2.04. The standard InChI is InChI=1S/C14H25N3O/c1-3-5-14(11-18)6-4-7-17(10-14)9-13-8-15-12-16(13)2/h8,12,18H,3-7,9-11H2,1-2H3/t14-/m1/s1. The first kappa shape index (κ1) is 13.6. The first-order valence-electron chi connectivity index (χ1n) is 6.97. The Balaban J connectivity index is 2.00. The Kier molecular flexibility index (Phi) is 4.40. The van der Waals surface area contributed by atoms with Gasteiger partial charge in [-0.3, -0.25) is 4.90 Å². The summed E-state index contributed by atoms with van der Waals surface area (Å²) in [5.74, 6) is 0. The highest BCUT2D eigenvalue weighted by Gasteiger charge is 2.34. The van der Waals surface area contributed by atoms with E-state index < -0.39 is 0 Å². The normalized spacial score (nSPS) is 25.5. The van der Waals surface area contributed by atoms with Gasteiger partial charge in [-0.1, -0.05) is 13.3 Å². The van der Waals surface area contributed by atoms with E-state index in [1.54, 1.807) is 0 Å². The van der Waals surface area contributed by atoms with Crippen LogP contribution in [-0.2, 0) is 13.6 Å². The molecule has 0 aromatic carbocycles. The topological polar surface area (TPSA) is 41.3 Å². The molecule has 0 spiro atoms. The van der Waals surface area contributed by atoms with Crippen molar-refractivity contribution in [2.75, 3.05) is 19.7 Å². The van der Waals surface area contributed by atoms with Crippen molar-refractivity contribution in [1.29, 1.82) is 0 Å². The molecule has 1 aliphatic heterocycles. The number of aromatic nitrogens is 2. The molecule has 1 N–H and O–H groups in total. The van der Waals surface area contributed by atoms with Crippen molar-refractivity contribution in [2.45, 2.75) is 39.2 Å². The molecule has 1 saturated heterocycles. The summed E-state index contributed by atoms with van der Waals surface area (Å²) in [5.41, 5.74) is 1.38. The highest BCUT2D eigenvalue weighted by Crippen LogP contribution is 2.34. The second kappa shape index (κ2) is 5.85. The predicted octanol–water partition coefficient (Wildman–Crippen LogP) is 1.79. The van der Waals surface area contributed by atoms with Crippen LogP contribution in [0.3, 0.4) is 0 Å². The van der Waals surface area contributed by atoms with Crippen LogP contribution in [0.1, 0.15) is 38.3 Å². The van der Waals surface area contributed by atoms with Crippen molar-refractivity contribution in [1.82, 2.24) is 14.5 Å². The van der Waals surface area contributed by atoms with E-state index >= 15 is 0 Å². The number of aliphatic hydroxyl groups is 1. The van der Waals surface area contributed by atoms with Crippen LogP contribution < -0.4 is 0 Å². The van der Waals surface area contributed by atoms with Crippen LogP contribution in [0.25, 0.3) is 0 Å². The summed E-state index contributed by atoms with van der Waals surface area (Å²) in [6.45, 7) is 5.63. The molecule has 0 amide bonds. The number of imidazole rings is 1. The van der Waals surface area contributed by atoms with Crippen LogP contribution in [0, 0.1) is 5.41 Å². The molecule has 1 atom stereocenters. The highest BCUT2D eigenvalue weighted by atomic mass is 16.3. The summed E-state index contributed by atoms with van der Waals surface area (Å²) in [6.07, 6.45) is 8.43. The van der Waals surface area contributed by atoms with Gasteiger partial charge < -0.3 is 9.67 Å². The fourth-order valence-corrected chi connectivity index (χ4v) is 3.15. The van der Waals surface area contributed by atoms with Gasteiger partial charge in [0, 0.05) is 38.4 Å². The average Bonchev–Trinajstić information content (AvgIpc) is 2.76. The molecule has 2 rings (SSSR count). The van der Waals surface area contributed by atoms with E-state index in [0.717, 1.165) is 32.5 Å². The van der Waals surface area contributed by atoms with Crippen LogP contribution in [0.4, 0.5) is 0 Å². The number of hydrogen-bond donors (Lipinski definition) is 1. The molecule has 1 aliphatic rings. The smallest absolute Gasteiger partial charge is 0.0945 e. The molecule has 0 aliphatic carbocycles. The number of rotatable bonds is 5. The van der Waals surface area contributed by atoms with Crippen LogP contribution in [0.2, 0.25) is 0 Å². The van der Waals surface area contributed by atoms with Crippen LogP contribution in [0.15, 0.2) is 12.5 Å². The molecular formula is C14H25N3O. The molecule has 4 nitrogen and oxygen atoms in total. The van der Waals surface area contributed by atoms with Crippen molar-refractivity contribution >= 4 is 0 Å². The third kappa shape index (κ3) is 2.93. The van der Waals surface area contributed by atoms with E-state index in [0.29, 0.717) is 6.61 Å². The molecule has 18 heavy (non-hydrogen) atoms. The fraction of sp³-hybridized carbons (Fsp3) is 0.786. The SMILES string of the molecule is CCC[C@@]1(CO)CCCN(Cc2cncn2C)C1. The van der Waals surface area contributed by atoms with Gasteiger partial charge in [0.05, 0.1) is 12.0 Å². The Morgan fingerprint density at radius 3 is 2.94 bits per heavy atom.